The molecule has 4 nitrogen and oxygen atoms in total. The Hall–Kier alpha value is -0.745. The summed E-state index contributed by atoms with van der Waals surface area (Å²) >= 11 is 6.40. The van der Waals surface area contributed by atoms with Gasteiger partial charge in [0.25, 0.3) is 0 Å². The topological polar surface area (TPSA) is 36.9 Å². The maximum absolute atomic E-state index is 6.40. The quantitative estimate of drug-likeness (QED) is 0.633. The maximum atomic E-state index is 6.40. The maximum Gasteiger partial charge on any atom is 0.500 e. The Morgan fingerprint density at radius 1 is 1.14 bits per heavy atom. The first kappa shape index (κ1) is 16.6. The van der Waals surface area contributed by atoms with Gasteiger partial charge < -0.3 is 18.8 Å². The van der Waals surface area contributed by atoms with Gasteiger partial charge in [0.15, 0.2) is 6.79 Å². The Bertz CT molecular complexity index is 515. The van der Waals surface area contributed by atoms with E-state index in [1.807, 2.05) is 46.8 Å². The average Bonchev–Trinajstić information content (AvgIpc) is 2.54. The summed E-state index contributed by atoms with van der Waals surface area (Å²) in [7, 11) is 1.02. The minimum atomic E-state index is -0.560. The van der Waals surface area contributed by atoms with Gasteiger partial charge in [-0.3, -0.25) is 0 Å². The van der Waals surface area contributed by atoms with Gasteiger partial charge in [-0.25, -0.2) is 0 Å². The van der Waals surface area contributed by atoms with E-state index in [2.05, 4.69) is 0 Å². The molecule has 2 rings (SSSR count). The summed E-state index contributed by atoms with van der Waals surface area (Å²) in [6.07, 6.45) is 0. The summed E-state index contributed by atoms with van der Waals surface area (Å²) < 4.78 is 22.7. The lowest BCUT2D eigenvalue weighted by molar-refractivity contribution is 0.00578. The first-order valence-electron chi connectivity index (χ1n) is 6.95. The molecule has 0 spiro atoms. The van der Waals surface area contributed by atoms with Gasteiger partial charge in [-0.2, -0.15) is 0 Å². The zero-order valence-electron chi connectivity index (χ0n) is 13.5. The van der Waals surface area contributed by atoms with Crippen molar-refractivity contribution in [2.75, 3.05) is 13.9 Å². The summed E-state index contributed by atoms with van der Waals surface area (Å²) in [4.78, 5) is 0. The van der Waals surface area contributed by atoms with E-state index in [0.29, 0.717) is 16.2 Å². The van der Waals surface area contributed by atoms with Crippen molar-refractivity contribution in [3.8, 4) is 5.75 Å². The number of methoxy groups -OCH3 is 1. The summed E-state index contributed by atoms with van der Waals surface area (Å²) in [5.41, 5.74) is 0.860. The number of aryl methyl sites for hydroxylation is 1. The first-order chi connectivity index (χ1) is 9.68. The van der Waals surface area contributed by atoms with Crippen LogP contribution in [-0.2, 0) is 14.0 Å². The Balaban J connectivity index is 2.40. The fourth-order valence-corrected chi connectivity index (χ4v) is 2.51. The Morgan fingerprint density at radius 3 is 2.24 bits per heavy atom. The highest BCUT2D eigenvalue weighted by Gasteiger charge is 2.53. The van der Waals surface area contributed by atoms with Gasteiger partial charge in [0.2, 0.25) is 0 Å². The van der Waals surface area contributed by atoms with Gasteiger partial charge in [0.05, 0.1) is 11.2 Å². The van der Waals surface area contributed by atoms with Crippen molar-refractivity contribution in [3.05, 3.63) is 22.7 Å². The molecule has 6 heteroatoms. The van der Waals surface area contributed by atoms with Gasteiger partial charge >= 0.3 is 7.12 Å². The van der Waals surface area contributed by atoms with Gasteiger partial charge in [-0.15, -0.1) is 0 Å². The zero-order valence-corrected chi connectivity index (χ0v) is 14.2. The third-order valence-corrected chi connectivity index (χ3v) is 4.37. The minimum absolute atomic E-state index is 0.145. The van der Waals surface area contributed by atoms with E-state index in [1.165, 1.54) is 0 Å². The molecule has 0 unspecified atom stereocenters. The lowest BCUT2D eigenvalue weighted by Gasteiger charge is -2.32. The standard InChI is InChI=1S/C15H22BClO4/c1-10-7-11(17)13(12(8-10)19-9-18-6)16-20-14(2,3)15(4,5)21-16/h7-8H,9H2,1-6H3. The van der Waals surface area contributed by atoms with Crippen LogP contribution in [0.15, 0.2) is 12.1 Å². The SMILES string of the molecule is COCOc1cc(C)cc(Cl)c1B1OC(C)(C)C(C)(C)O1. The molecule has 0 amide bonds. The molecule has 0 aromatic heterocycles. The Kier molecular flexibility index (Phi) is 4.59. The van der Waals surface area contributed by atoms with E-state index >= 15 is 0 Å². The van der Waals surface area contributed by atoms with Crippen LogP contribution in [0.2, 0.25) is 5.02 Å². The molecule has 21 heavy (non-hydrogen) atoms. The summed E-state index contributed by atoms with van der Waals surface area (Å²) in [6.45, 7) is 10.1. The summed E-state index contributed by atoms with van der Waals surface area (Å²) in [5.74, 6) is 0.625. The molecule has 116 valence electrons. The molecule has 1 aromatic carbocycles. The molecular formula is C15H22BClO4. The third-order valence-electron chi connectivity index (χ3n) is 4.06. The van der Waals surface area contributed by atoms with Crippen LogP contribution in [0.4, 0.5) is 0 Å². The molecule has 1 fully saturated rings. The monoisotopic (exact) mass is 312 g/mol. The zero-order chi connectivity index (χ0) is 15.8. The third kappa shape index (κ3) is 3.21. The molecule has 1 aliphatic heterocycles. The van der Waals surface area contributed by atoms with Gasteiger partial charge in [-0.1, -0.05) is 11.6 Å². The fourth-order valence-electron chi connectivity index (χ4n) is 2.15. The Labute approximate surface area is 131 Å². The van der Waals surface area contributed by atoms with Gasteiger partial charge in [-0.05, 0) is 52.3 Å². The molecule has 1 aliphatic rings. The summed E-state index contributed by atoms with van der Waals surface area (Å²) in [5, 5.41) is 0.569. The van der Waals surface area contributed by atoms with E-state index in [0.717, 1.165) is 5.56 Å². The van der Waals surface area contributed by atoms with Crippen LogP contribution < -0.4 is 10.2 Å². The van der Waals surface area contributed by atoms with Crippen molar-refractivity contribution in [3.63, 3.8) is 0 Å². The van der Waals surface area contributed by atoms with Crippen molar-refractivity contribution in [2.45, 2.75) is 45.8 Å². The van der Waals surface area contributed by atoms with Crippen LogP contribution >= 0.6 is 11.6 Å². The van der Waals surface area contributed by atoms with Crippen molar-refractivity contribution in [2.24, 2.45) is 0 Å². The van der Waals surface area contributed by atoms with Crippen LogP contribution in [0.3, 0.4) is 0 Å². The molecule has 0 aliphatic carbocycles. The van der Waals surface area contributed by atoms with Crippen LogP contribution in [0, 0.1) is 6.92 Å². The minimum Gasteiger partial charge on any atom is -0.468 e. The Morgan fingerprint density at radius 2 is 1.71 bits per heavy atom. The van der Waals surface area contributed by atoms with Crippen molar-refractivity contribution in [1.82, 2.24) is 0 Å². The molecule has 1 aromatic rings. The lowest BCUT2D eigenvalue weighted by Crippen LogP contribution is -2.41. The number of rotatable bonds is 4. The molecule has 1 saturated heterocycles. The molecule has 0 atom stereocenters. The molecule has 0 radical (unpaired) electrons. The van der Waals surface area contributed by atoms with E-state index < -0.39 is 18.3 Å². The number of hydrogen-bond acceptors (Lipinski definition) is 4. The highest BCUT2D eigenvalue weighted by molar-refractivity contribution is 6.66. The number of benzene rings is 1. The van der Waals surface area contributed by atoms with Crippen LogP contribution in [0.25, 0.3) is 0 Å². The van der Waals surface area contributed by atoms with E-state index in [9.17, 15) is 0 Å². The second-order valence-electron chi connectivity index (χ2n) is 6.30. The van der Waals surface area contributed by atoms with Gasteiger partial charge in [0.1, 0.15) is 5.75 Å². The van der Waals surface area contributed by atoms with Gasteiger partial charge in [0, 0.05) is 17.6 Å². The predicted molar refractivity (Wildman–Crippen MR) is 84.4 cm³/mol. The molecular weight excluding hydrogens is 290 g/mol. The fraction of sp³-hybridized carbons (Fsp3) is 0.600. The smallest absolute Gasteiger partial charge is 0.468 e. The van der Waals surface area contributed by atoms with Crippen LogP contribution in [0.5, 0.6) is 5.75 Å². The molecule has 0 bridgehead atoms. The lowest BCUT2D eigenvalue weighted by atomic mass is 9.78. The molecule has 1 heterocycles. The van der Waals surface area contributed by atoms with E-state index in [1.54, 1.807) is 7.11 Å². The van der Waals surface area contributed by atoms with Crippen LogP contribution in [-0.4, -0.2) is 32.2 Å². The molecule has 0 saturated carbocycles. The van der Waals surface area contributed by atoms with Crippen molar-refractivity contribution in [1.29, 1.82) is 0 Å². The largest absolute Gasteiger partial charge is 0.500 e. The first-order valence-corrected chi connectivity index (χ1v) is 7.33. The van der Waals surface area contributed by atoms with E-state index in [4.69, 9.17) is 30.4 Å². The highest BCUT2D eigenvalue weighted by Crippen LogP contribution is 2.38. The van der Waals surface area contributed by atoms with Crippen molar-refractivity contribution < 1.29 is 18.8 Å². The average molecular weight is 313 g/mol. The van der Waals surface area contributed by atoms with Crippen LogP contribution in [0.1, 0.15) is 33.3 Å². The number of hydrogen-bond donors (Lipinski definition) is 0. The van der Waals surface area contributed by atoms with E-state index in [-0.39, 0.29) is 6.79 Å². The normalized spacial score (nSPS) is 19.9. The molecule has 0 N–H and O–H groups in total. The summed E-state index contributed by atoms with van der Waals surface area (Å²) in [6, 6.07) is 3.78. The van der Waals surface area contributed by atoms with Crippen molar-refractivity contribution >= 4 is 24.2 Å². The highest BCUT2D eigenvalue weighted by atomic mass is 35.5. The second-order valence-corrected chi connectivity index (χ2v) is 6.70. The predicted octanol–water partition coefficient (Wildman–Crippen LogP) is 2.93. The number of halogens is 1. The second kappa shape index (κ2) is 5.80. The number of ether oxygens (including phenoxy) is 2.